The van der Waals surface area contributed by atoms with Gasteiger partial charge in [0.05, 0.1) is 11.3 Å². The first-order valence-corrected chi connectivity index (χ1v) is 6.45. The van der Waals surface area contributed by atoms with Gasteiger partial charge in [-0.05, 0) is 18.9 Å². The van der Waals surface area contributed by atoms with E-state index in [0.717, 1.165) is 29.7 Å². The van der Waals surface area contributed by atoms with E-state index >= 15 is 0 Å². The van der Waals surface area contributed by atoms with Crippen LogP contribution in [0, 0.1) is 6.92 Å². The van der Waals surface area contributed by atoms with Gasteiger partial charge in [0, 0.05) is 5.92 Å². The summed E-state index contributed by atoms with van der Waals surface area (Å²) in [6.07, 6.45) is 2.21. The Bertz CT molecular complexity index is 531. The smallest absolute Gasteiger partial charge is 0.230 e. The van der Waals surface area contributed by atoms with E-state index in [-0.39, 0.29) is 0 Å². The van der Waals surface area contributed by atoms with E-state index in [0.29, 0.717) is 11.8 Å². The van der Waals surface area contributed by atoms with Gasteiger partial charge in [-0.2, -0.15) is 0 Å². The van der Waals surface area contributed by atoms with Gasteiger partial charge in [-0.15, -0.1) is 0 Å². The van der Waals surface area contributed by atoms with Gasteiger partial charge in [0.25, 0.3) is 0 Å². The second-order valence-corrected chi connectivity index (χ2v) is 4.87. The van der Waals surface area contributed by atoms with Gasteiger partial charge in [-0.25, -0.2) is 0 Å². The highest BCUT2D eigenvalue weighted by Gasteiger charge is 2.20. The van der Waals surface area contributed by atoms with Crippen molar-refractivity contribution in [1.82, 2.24) is 5.16 Å². The molecule has 3 heteroatoms. The number of nitrogen functional groups attached to an aromatic ring is 1. The summed E-state index contributed by atoms with van der Waals surface area (Å²) in [5, 5.41) is 4.14. The van der Waals surface area contributed by atoms with Gasteiger partial charge < -0.3 is 10.3 Å². The van der Waals surface area contributed by atoms with Crippen LogP contribution in [0.25, 0.3) is 11.1 Å². The zero-order chi connectivity index (χ0) is 13.1. The Balaban J connectivity index is 2.47. The van der Waals surface area contributed by atoms with Crippen LogP contribution in [0.4, 0.5) is 5.88 Å². The summed E-state index contributed by atoms with van der Waals surface area (Å²) in [7, 11) is 0. The lowest BCUT2D eigenvalue weighted by atomic mass is 9.94. The van der Waals surface area contributed by atoms with Crippen LogP contribution in [0.2, 0.25) is 0 Å². The molecule has 1 heterocycles. The lowest BCUT2D eigenvalue weighted by Crippen LogP contribution is -1.97. The van der Waals surface area contributed by atoms with Crippen LogP contribution in [0.5, 0.6) is 0 Å². The quantitative estimate of drug-likeness (QED) is 0.879. The monoisotopic (exact) mass is 244 g/mol. The fraction of sp³-hybridized carbons (Fsp3) is 0.400. The first-order valence-electron chi connectivity index (χ1n) is 6.45. The fourth-order valence-electron chi connectivity index (χ4n) is 2.31. The molecule has 3 nitrogen and oxygen atoms in total. The molecule has 0 saturated heterocycles. The number of aromatic nitrogens is 1. The van der Waals surface area contributed by atoms with Gasteiger partial charge in [0.15, 0.2) is 0 Å². The SMILES string of the molecule is CCCC(C)c1noc(N)c1-c1cccc(C)c1. The van der Waals surface area contributed by atoms with E-state index in [1.807, 2.05) is 6.07 Å². The Morgan fingerprint density at radius 3 is 2.83 bits per heavy atom. The summed E-state index contributed by atoms with van der Waals surface area (Å²) in [5.41, 5.74) is 10.2. The van der Waals surface area contributed by atoms with E-state index in [9.17, 15) is 0 Å². The highest BCUT2D eigenvalue weighted by atomic mass is 16.5. The Morgan fingerprint density at radius 1 is 1.39 bits per heavy atom. The molecule has 0 aliphatic carbocycles. The van der Waals surface area contributed by atoms with Crippen molar-refractivity contribution in [3.05, 3.63) is 35.5 Å². The fourth-order valence-corrected chi connectivity index (χ4v) is 2.31. The molecule has 2 aromatic rings. The number of anilines is 1. The van der Waals surface area contributed by atoms with Crippen LogP contribution in [-0.4, -0.2) is 5.16 Å². The van der Waals surface area contributed by atoms with Crippen LogP contribution in [0.1, 0.15) is 43.9 Å². The average molecular weight is 244 g/mol. The van der Waals surface area contributed by atoms with Crippen LogP contribution < -0.4 is 5.73 Å². The number of hydrogen-bond donors (Lipinski definition) is 1. The van der Waals surface area contributed by atoms with Gasteiger partial charge >= 0.3 is 0 Å². The average Bonchev–Trinajstić information content (AvgIpc) is 2.71. The molecule has 1 aromatic carbocycles. The Kier molecular flexibility index (Phi) is 3.70. The van der Waals surface area contributed by atoms with Crippen LogP contribution >= 0.6 is 0 Å². The zero-order valence-corrected chi connectivity index (χ0v) is 11.2. The molecule has 0 saturated carbocycles. The van der Waals surface area contributed by atoms with Crippen molar-refractivity contribution in [3.63, 3.8) is 0 Å². The first-order chi connectivity index (χ1) is 8.63. The molecule has 2 N–H and O–H groups in total. The maximum absolute atomic E-state index is 5.93. The molecule has 2 rings (SSSR count). The van der Waals surface area contributed by atoms with Gasteiger partial charge in [0.2, 0.25) is 5.88 Å². The molecule has 1 unspecified atom stereocenters. The molecule has 96 valence electrons. The summed E-state index contributed by atoms with van der Waals surface area (Å²) >= 11 is 0. The minimum atomic E-state index is 0.367. The highest BCUT2D eigenvalue weighted by Crippen LogP contribution is 2.35. The third-order valence-corrected chi connectivity index (χ3v) is 3.24. The van der Waals surface area contributed by atoms with Crippen molar-refractivity contribution in [2.75, 3.05) is 5.73 Å². The predicted molar refractivity (Wildman–Crippen MR) is 74.4 cm³/mol. The number of rotatable bonds is 4. The van der Waals surface area contributed by atoms with E-state index in [1.165, 1.54) is 5.56 Å². The normalized spacial score (nSPS) is 12.6. The Hall–Kier alpha value is -1.77. The van der Waals surface area contributed by atoms with Crippen molar-refractivity contribution in [2.24, 2.45) is 0 Å². The molecular formula is C15H20N2O. The Morgan fingerprint density at radius 2 is 2.17 bits per heavy atom. The summed E-state index contributed by atoms with van der Waals surface area (Å²) in [5.74, 6) is 0.783. The molecule has 1 atom stereocenters. The molecule has 0 radical (unpaired) electrons. The van der Waals surface area contributed by atoms with Crippen molar-refractivity contribution in [3.8, 4) is 11.1 Å². The standard InChI is InChI=1S/C15H20N2O/c1-4-6-11(3)14-13(15(16)18-17-14)12-8-5-7-10(2)9-12/h5,7-9,11H,4,6,16H2,1-3H3. The molecule has 0 spiro atoms. The minimum Gasteiger partial charge on any atom is -0.367 e. The van der Waals surface area contributed by atoms with E-state index in [1.54, 1.807) is 0 Å². The number of aryl methyl sites for hydroxylation is 1. The first kappa shape index (κ1) is 12.7. The van der Waals surface area contributed by atoms with Crippen LogP contribution in [0.15, 0.2) is 28.8 Å². The van der Waals surface area contributed by atoms with Crippen molar-refractivity contribution < 1.29 is 4.52 Å². The summed E-state index contributed by atoms with van der Waals surface area (Å²) in [4.78, 5) is 0. The molecule has 0 aliphatic heterocycles. The lowest BCUT2D eigenvalue weighted by Gasteiger charge is -2.09. The van der Waals surface area contributed by atoms with Crippen LogP contribution in [-0.2, 0) is 0 Å². The van der Waals surface area contributed by atoms with Gasteiger partial charge in [-0.3, -0.25) is 0 Å². The summed E-state index contributed by atoms with van der Waals surface area (Å²) < 4.78 is 5.19. The molecular weight excluding hydrogens is 224 g/mol. The predicted octanol–water partition coefficient (Wildman–Crippen LogP) is 4.14. The van der Waals surface area contributed by atoms with E-state index < -0.39 is 0 Å². The molecule has 18 heavy (non-hydrogen) atoms. The minimum absolute atomic E-state index is 0.367. The van der Waals surface area contributed by atoms with E-state index in [4.69, 9.17) is 10.3 Å². The largest absolute Gasteiger partial charge is 0.367 e. The van der Waals surface area contributed by atoms with Crippen molar-refractivity contribution in [2.45, 2.75) is 39.5 Å². The van der Waals surface area contributed by atoms with Crippen LogP contribution in [0.3, 0.4) is 0 Å². The molecule has 0 fully saturated rings. The van der Waals surface area contributed by atoms with Crippen molar-refractivity contribution in [1.29, 1.82) is 0 Å². The Labute approximate surface area is 108 Å². The van der Waals surface area contributed by atoms with E-state index in [2.05, 4.69) is 44.1 Å². The third kappa shape index (κ3) is 2.40. The number of nitrogens with zero attached hydrogens (tertiary/aromatic N) is 1. The molecule has 0 aliphatic rings. The summed E-state index contributed by atoms with van der Waals surface area (Å²) in [6.45, 7) is 6.41. The van der Waals surface area contributed by atoms with Gasteiger partial charge in [-0.1, -0.05) is 55.3 Å². The van der Waals surface area contributed by atoms with Crippen molar-refractivity contribution >= 4 is 5.88 Å². The molecule has 0 bridgehead atoms. The third-order valence-electron chi connectivity index (χ3n) is 3.24. The maximum atomic E-state index is 5.93. The number of nitrogens with two attached hydrogens (primary N) is 1. The van der Waals surface area contributed by atoms with Gasteiger partial charge in [0.1, 0.15) is 0 Å². The molecule has 1 aromatic heterocycles. The number of hydrogen-bond acceptors (Lipinski definition) is 3. The summed E-state index contributed by atoms with van der Waals surface area (Å²) in [6, 6.07) is 8.27. The maximum Gasteiger partial charge on any atom is 0.230 e. The lowest BCUT2D eigenvalue weighted by molar-refractivity contribution is 0.419. The zero-order valence-electron chi connectivity index (χ0n) is 11.2. The second kappa shape index (κ2) is 5.25. The second-order valence-electron chi connectivity index (χ2n) is 4.87. The number of benzene rings is 1. The highest BCUT2D eigenvalue weighted by molar-refractivity contribution is 5.75. The molecule has 0 amide bonds. The topological polar surface area (TPSA) is 52.0 Å².